The van der Waals surface area contributed by atoms with Crippen LogP contribution in [0.4, 0.5) is 0 Å². The fourth-order valence-corrected chi connectivity index (χ4v) is 2.83. The van der Waals surface area contributed by atoms with Gasteiger partial charge in [0.05, 0.1) is 26.5 Å². The van der Waals surface area contributed by atoms with Crippen molar-refractivity contribution in [2.75, 3.05) is 7.11 Å². The topological polar surface area (TPSA) is 88.8 Å². The van der Waals surface area contributed by atoms with Crippen LogP contribution in [-0.2, 0) is 23.2 Å². The number of ether oxygens (including phenoxy) is 1. The molecule has 0 saturated carbocycles. The van der Waals surface area contributed by atoms with E-state index in [-0.39, 0.29) is 23.8 Å². The number of hydrogen-bond donors (Lipinski definition) is 2. The Bertz CT molecular complexity index is 664. The zero-order valence-electron chi connectivity index (χ0n) is 10.9. The maximum atomic E-state index is 12.2. The molecule has 2 N–H and O–H groups in total. The van der Waals surface area contributed by atoms with E-state index in [1.54, 1.807) is 12.1 Å². The van der Waals surface area contributed by atoms with Crippen molar-refractivity contribution >= 4 is 10.0 Å². The van der Waals surface area contributed by atoms with Crippen molar-refractivity contribution in [1.82, 2.24) is 4.72 Å². The third-order valence-electron chi connectivity index (χ3n) is 2.72. The largest absolute Gasteiger partial charge is 0.495 e. The fourth-order valence-electron chi connectivity index (χ4n) is 1.69. The molecular formula is C13H15NO5S. The minimum Gasteiger partial charge on any atom is -0.495 e. The van der Waals surface area contributed by atoms with Gasteiger partial charge in [-0.3, -0.25) is 0 Å². The van der Waals surface area contributed by atoms with Crippen LogP contribution in [0.3, 0.4) is 0 Å². The molecule has 6 nitrogen and oxygen atoms in total. The number of furan rings is 1. The summed E-state index contributed by atoms with van der Waals surface area (Å²) in [6, 6.07) is 7.77. The molecule has 7 heteroatoms. The van der Waals surface area contributed by atoms with Gasteiger partial charge in [0.1, 0.15) is 16.4 Å². The summed E-state index contributed by atoms with van der Waals surface area (Å²) < 4.78 is 37.0. The third kappa shape index (κ3) is 3.19. The lowest BCUT2D eigenvalue weighted by Gasteiger charge is -2.11. The minimum atomic E-state index is -3.72. The molecule has 0 fully saturated rings. The Balaban J connectivity index is 2.24. The van der Waals surface area contributed by atoms with E-state index in [0.29, 0.717) is 11.3 Å². The van der Waals surface area contributed by atoms with Crippen molar-refractivity contribution in [3.63, 3.8) is 0 Å². The fraction of sp³-hybridized carbons (Fsp3) is 0.231. The Morgan fingerprint density at radius 3 is 2.75 bits per heavy atom. The zero-order chi connectivity index (χ0) is 14.6. The van der Waals surface area contributed by atoms with Crippen molar-refractivity contribution in [2.24, 2.45) is 0 Å². The van der Waals surface area contributed by atoms with Gasteiger partial charge >= 0.3 is 0 Å². The molecule has 0 aliphatic rings. The number of nitrogens with one attached hydrogen (secondary N) is 1. The first kappa shape index (κ1) is 14.6. The molecule has 20 heavy (non-hydrogen) atoms. The maximum Gasteiger partial charge on any atom is 0.244 e. The van der Waals surface area contributed by atoms with E-state index in [1.807, 2.05) is 0 Å². The summed E-state index contributed by atoms with van der Waals surface area (Å²) >= 11 is 0. The molecule has 2 rings (SSSR count). The first-order valence-electron chi connectivity index (χ1n) is 5.86. The van der Waals surface area contributed by atoms with Crippen LogP contribution in [-0.4, -0.2) is 20.6 Å². The molecule has 1 heterocycles. The van der Waals surface area contributed by atoms with Gasteiger partial charge in [0, 0.05) is 0 Å². The molecule has 0 bridgehead atoms. The lowest BCUT2D eigenvalue weighted by atomic mass is 10.2. The second-order valence-electron chi connectivity index (χ2n) is 4.05. The molecule has 1 aromatic heterocycles. The van der Waals surface area contributed by atoms with E-state index in [1.165, 1.54) is 31.6 Å². The number of methoxy groups -OCH3 is 1. The molecule has 2 aromatic rings. The average molecular weight is 297 g/mol. The Kier molecular flexibility index (Phi) is 4.43. The molecule has 0 amide bonds. The summed E-state index contributed by atoms with van der Waals surface area (Å²) in [5.74, 6) is 0.697. The van der Waals surface area contributed by atoms with E-state index in [4.69, 9.17) is 14.3 Å². The molecule has 108 valence electrons. The minimum absolute atomic E-state index is 0.0174. The molecular weight excluding hydrogens is 282 g/mol. The van der Waals surface area contributed by atoms with Crippen LogP contribution < -0.4 is 9.46 Å². The standard InChI is InChI=1S/C13H15NO5S/c1-18-12-7-10(9-15)4-5-13(12)20(16,17)14-8-11-3-2-6-19-11/h2-7,14-15H,8-9H2,1H3. The second-order valence-corrected chi connectivity index (χ2v) is 5.78. The lowest BCUT2D eigenvalue weighted by molar-refractivity contribution is 0.280. The maximum absolute atomic E-state index is 12.2. The summed E-state index contributed by atoms with van der Waals surface area (Å²) in [5.41, 5.74) is 0.576. The number of aliphatic hydroxyl groups excluding tert-OH is 1. The highest BCUT2D eigenvalue weighted by Crippen LogP contribution is 2.25. The number of sulfonamides is 1. The Morgan fingerprint density at radius 1 is 1.35 bits per heavy atom. The van der Waals surface area contributed by atoms with Crippen molar-refractivity contribution in [2.45, 2.75) is 18.0 Å². The van der Waals surface area contributed by atoms with Crippen LogP contribution in [0, 0.1) is 0 Å². The van der Waals surface area contributed by atoms with E-state index in [9.17, 15) is 8.42 Å². The average Bonchev–Trinajstić information content (AvgIpc) is 2.97. The van der Waals surface area contributed by atoms with Gasteiger partial charge in [-0.15, -0.1) is 0 Å². The van der Waals surface area contributed by atoms with Gasteiger partial charge in [-0.05, 0) is 29.8 Å². The third-order valence-corrected chi connectivity index (χ3v) is 4.16. The van der Waals surface area contributed by atoms with Gasteiger partial charge in [0.2, 0.25) is 10.0 Å². The predicted octanol–water partition coefficient (Wildman–Crippen LogP) is 1.26. The first-order chi connectivity index (χ1) is 9.56. The number of hydrogen-bond acceptors (Lipinski definition) is 5. The number of rotatable bonds is 6. The predicted molar refractivity (Wildman–Crippen MR) is 71.7 cm³/mol. The summed E-state index contributed by atoms with van der Waals surface area (Å²) in [6.07, 6.45) is 1.47. The van der Waals surface area contributed by atoms with Crippen molar-refractivity contribution in [3.8, 4) is 5.75 Å². The van der Waals surface area contributed by atoms with E-state index < -0.39 is 10.0 Å². The highest BCUT2D eigenvalue weighted by molar-refractivity contribution is 7.89. The highest BCUT2D eigenvalue weighted by atomic mass is 32.2. The molecule has 0 saturated heterocycles. The van der Waals surface area contributed by atoms with Crippen LogP contribution in [0.2, 0.25) is 0 Å². The second kappa shape index (κ2) is 6.08. The van der Waals surface area contributed by atoms with Gasteiger partial charge in [-0.2, -0.15) is 0 Å². The van der Waals surface area contributed by atoms with Gasteiger partial charge in [-0.25, -0.2) is 13.1 Å². The van der Waals surface area contributed by atoms with E-state index >= 15 is 0 Å². The highest BCUT2D eigenvalue weighted by Gasteiger charge is 2.19. The van der Waals surface area contributed by atoms with E-state index in [2.05, 4.69) is 4.72 Å². The molecule has 0 radical (unpaired) electrons. The zero-order valence-corrected chi connectivity index (χ0v) is 11.7. The molecule has 0 aliphatic carbocycles. The summed E-state index contributed by atoms with van der Waals surface area (Å²) in [7, 11) is -2.34. The molecule has 0 unspecified atom stereocenters. The van der Waals surface area contributed by atoms with Crippen LogP contribution in [0.1, 0.15) is 11.3 Å². The first-order valence-corrected chi connectivity index (χ1v) is 7.35. The van der Waals surface area contributed by atoms with Gasteiger partial charge < -0.3 is 14.3 Å². The molecule has 0 atom stereocenters. The Morgan fingerprint density at radius 2 is 2.15 bits per heavy atom. The smallest absolute Gasteiger partial charge is 0.244 e. The van der Waals surface area contributed by atoms with Crippen LogP contribution in [0.5, 0.6) is 5.75 Å². The molecule has 1 aromatic carbocycles. The number of benzene rings is 1. The molecule has 0 spiro atoms. The van der Waals surface area contributed by atoms with Crippen LogP contribution in [0.25, 0.3) is 0 Å². The van der Waals surface area contributed by atoms with Gasteiger partial charge in [-0.1, -0.05) is 6.07 Å². The van der Waals surface area contributed by atoms with Crippen LogP contribution >= 0.6 is 0 Å². The van der Waals surface area contributed by atoms with Gasteiger partial charge in [0.15, 0.2) is 0 Å². The summed E-state index contributed by atoms with van der Waals surface area (Å²) in [4.78, 5) is 0.0174. The van der Waals surface area contributed by atoms with Crippen LogP contribution in [0.15, 0.2) is 45.9 Å². The summed E-state index contributed by atoms with van der Waals surface area (Å²) in [6.45, 7) is -0.128. The van der Waals surface area contributed by atoms with Gasteiger partial charge in [0.25, 0.3) is 0 Å². The van der Waals surface area contributed by atoms with Crippen molar-refractivity contribution in [1.29, 1.82) is 0 Å². The SMILES string of the molecule is COc1cc(CO)ccc1S(=O)(=O)NCc1ccco1. The summed E-state index contributed by atoms with van der Waals surface area (Å²) in [5, 5.41) is 9.05. The van der Waals surface area contributed by atoms with E-state index in [0.717, 1.165) is 0 Å². The monoisotopic (exact) mass is 297 g/mol. The quantitative estimate of drug-likeness (QED) is 0.838. The van der Waals surface area contributed by atoms with Crippen molar-refractivity contribution in [3.05, 3.63) is 47.9 Å². The molecule has 0 aliphatic heterocycles. The lowest BCUT2D eigenvalue weighted by Crippen LogP contribution is -2.23. The normalized spacial score (nSPS) is 11.5. The number of aliphatic hydroxyl groups is 1. The Labute approximate surface area is 117 Å². The Hall–Kier alpha value is -1.83. The van der Waals surface area contributed by atoms with Crippen molar-refractivity contribution < 1.29 is 22.7 Å².